The summed E-state index contributed by atoms with van der Waals surface area (Å²) in [5.41, 5.74) is 0. The molecule has 2 aromatic heterocycles. The van der Waals surface area contributed by atoms with E-state index in [-0.39, 0.29) is 0 Å². The number of rotatable bonds is 5. The minimum Gasteiger partial charge on any atom is -0.317 e. The van der Waals surface area contributed by atoms with Gasteiger partial charge in [-0.1, -0.05) is 18.2 Å². The molecule has 0 bridgehead atoms. The predicted octanol–water partition coefficient (Wildman–Crippen LogP) is 2.38. The average molecular weight is 304 g/mol. The third-order valence-corrected chi connectivity index (χ3v) is 5.63. The summed E-state index contributed by atoms with van der Waals surface area (Å²) in [4.78, 5) is 0. The van der Waals surface area contributed by atoms with E-state index in [1.54, 1.807) is 11.8 Å². The van der Waals surface area contributed by atoms with Gasteiger partial charge in [0.2, 0.25) is 0 Å². The molecular formula is C14H20N6S. The van der Waals surface area contributed by atoms with Gasteiger partial charge < -0.3 is 9.13 Å². The van der Waals surface area contributed by atoms with E-state index in [1.807, 2.05) is 0 Å². The van der Waals surface area contributed by atoms with Gasteiger partial charge in [-0.15, -0.1) is 20.4 Å². The van der Waals surface area contributed by atoms with Gasteiger partial charge in [-0.3, -0.25) is 0 Å². The molecule has 2 heterocycles. The Hall–Kier alpha value is -1.37. The van der Waals surface area contributed by atoms with Crippen LogP contribution in [0.4, 0.5) is 0 Å². The quantitative estimate of drug-likeness (QED) is 0.794. The van der Waals surface area contributed by atoms with Crippen LogP contribution in [0.25, 0.3) is 0 Å². The van der Waals surface area contributed by atoms with Gasteiger partial charge in [-0.25, -0.2) is 0 Å². The van der Waals surface area contributed by atoms with Crippen molar-refractivity contribution in [2.75, 3.05) is 0 Å². The summed E-state index contributed by atoms with van der Waals surface area (Å²) < 4.78 is 4.29. The first-order valence-electron chi connectivity index (χ1n) is 7.64. The molecule has 21 heavy (non-hydrogen) atoms. The van der Waals surface area contributed by atoms with E-state index in [9.17, 15) is 0 Å². The molecule has 0 saturated heterocycles. The van der Waals surface area contributed by atoms with Crippen LogP contribution >= 0.6 is 11.8 Å². The highest BCUT2D eigenvalue weighted by molar-refractivity contribution is 7.98. The average Bonchev–Trinajstić information content (AvgIpc) is 3.11. The maximum Gasteiger partial charge on any atom is 0.191 e. The Labute approximate surface area is 128 Å². The Morgan fingerprint density at radius 3 is 2.24 bits per heavy atom. The number of hydrogen-bond donors (Lipinski definition) is 0. The molecule has 0 radical (unpaired) electrons. The standard InChI is InChI=1S/C14H20N6S/c1-19-11(15-16-12(19)10-6-7-10)8-21-14-18-17-13(20(14)2)9-4-3-5-9/h9-10H,3-8H2,1-2H3. The van der Waals surface area contributed by atoms with Crippen LogP contribution in [0.1, 0.15) is 61.4 Å². The van der Waals surface area contributed by atoms with Gasteiger partial charge in [0.15, 0.2) is 5.16 Å². The lowest BCUT2D eigenvalue weighted by Gasteiger charge is -2.23. The summed E-state index contributed by atoms with van der Waals surface area (Å²) >= 11 is 1.70. The Morgan fingerprint density at radius 1 is 0.905 bits per heavy atom. The molecule has 0 atom stereocenters. The fourth-order valence-corrected chi connectivity index (χ4v) is 3.70. The van der Waals surface area contributed by atoms with Crippen LogP contribution in [0.3, 0.4) is 0 Å². The zero-order valence-electron chi connectivity index (χ0n) is 12.5. The monoisotopic (exact) mass is 304 g/mol. The van der Waals surface area contributed by atoms with E-state index < -0.39 is 0 Å². The van der Waals surface area contributed by atoms with E-state index in [0.29, 0.717) is 11.8 Å². The van der Waals surface area contributed by atoms with Crippen LogP contribution in [0.5, 0.6) is 0 Å². The lowest BCUT2D eigenvalue weighted by molar-refractivity contribution is 0.390. The molecule has 6 nitrogen and oxygen atoms in total. The Bertz CT molecular complexity index is 652. The number of hydrogen-bond acceptors (Lipinski definition) is 5. The lowest BCUT2D eigenvalue weighted by Crippen LogP contribution is -2.14. The first-order valence-corrected chi connectivity index (χ1v) is 8.63. The molecule has 4 rings (SSSR count). The SMILES string of the molecule is Cn1c(CSc2nnc(C3CCC3)n2C)nnc1C1CC1. The molecule has 0 N–H and O–H groups in total. The van der Waals surface area contributed by atoms with Crippen molar-refractivity contribution in [3.63, 3.8) is 0 Å². The normalized spacial score (nSPS) is 19.0. The van der Waals surface area contributed by atoms with Crippen molar-refractivity contribution in [3.05, 3.63) is 17.5 Å². The molecule has 0 amide bonds. The first-order chi connectivity index (χ1) is 10.2. The molecule has 0 unspecified atom stereocenters. The summed E-state index contributed by atoms with van der Waals surface area (Å²) in [5.74, 6) is 5.36. The highest BCUT2D eigenvalue weighted by Gasteiger charge is 2.29. The van der Waals surface area contributed by atoms with Crippen molar-refractivity contribution in [3.8, 4) is 0 Å². The zero-order valence-corrected chi connectivity index (χ0v) is 13.3. The molecule has 0 aliphatic heterocycles. The second-order valence-corrected chi connectivity index (χ2v) is 7.07. The van der Waals surface area contributed by atoms with Crippen molar-refractivity contribution in [2.24, 2.45) is 14.1 Å². The fourth-order valence-electron chi connectivity index (χ4n) is 2.80. The molecule has 2 saturated carbocycles. The summed E-state index contributed by atoms with van der Waals surface area (Å²) in [6.45, 7) is 0. The van der Waals surface area contributed by atoms with E-state index in [4.69, 9.17) is 0 Å². The van der Waals surface area contributed by atoms with E-state index in [0.717, 1.165) is 28.4 Å². The summed E-state index contributed by atoms with van der Waals surface area (Å²) in [6.07, 6.45) is 6.35. The molecule has 112 valence electrons. The minimum atomic E-state index is 0.619. The Kier molecular flexibility index (Phi) is 3.24. The summed E-state index contributed by atoms with van der Waals surface area (Å²) in [7, 11) is 4.14. The van der Waals surface area contributed by atoms with E-state index in [1.165, 1.54) is 32.1 Å². The molecule has 2 aromatic rings. The third-order valence-electron chi connectivity index (χ3n) is 4.61. The maximum absolute atomic E-state index is 4.37. The van der Waals surface area contributed by atoms with Crippen molar-refractivity contribution >= 4 is 11.8 Å². The molecule has 7 heteroatoms. The van der Waals surface area contributed by atoms with E-state index >= 15 is 0 Å². The van der Waals surface area contributed by atoms with Crippen LogP contribution in [0.2, 0.25) is 0 Å². The highest BCUT2D eigenvalue weighted by atomic mass is 32.2. The topological polar surface area (TPSA) is 61.4 Å². The van der Waals surface area contributed by atoms with Crippen LogP contribution in [0.15, 0.2) is 5.16 Å². The second kappa shape index (κ2) is 5.12. The Balaban J connectivity index is 1.45. The first kappa shape index (κ1) is 13.3. The van der Waals surface area contributed by atoms with Gasteiger partial charge in [0, 0.05) is 25.9 Å². The van der Waals surface area contributed by atoms with Gasteiger partial charge in [-0.2, -0.15) is 0 Å². The largest absolute Gasteiger partial charge is 0.317 e. The van der Waals surface area contributed by atoms with Gasteiger partial charge in [0.25, 0.3) is 0 Å². The van der Waals surface area contributed by atoms with Crippen molar-refractivity contribution < 1.29 is 0 Å². The smallest absolute Gasteiger partial charge is 0.191 e. The van der Waals surface area contributed by atoms with E-state index in [2.05, 4.69) is 43.6 Å². The summed E-state index contributed by atoms with van der Waals surface area (Å²) in [6, 6.07) is 0. The second-order valence-electron chi connectivity index (χ2n) is 6.12. The number of thioether (sulfide) groups is 1. The third kappa shape index (κ3) is 2.37. The van der Waals surface area contributed by atoms with Gasteiger partial charge >= 0.3 is 0 Å². The van der Waals surface area contributed by atoms with Crippen molar-refractivity contribution in [2.45, 2.75) is 54.8 Å². The molecule has 2 aliphatic rings. The highest BCUT2D eigenvalue weighted by Crippen LogP contribution is 2.39. The maximum atomic E-state index is 4.37. The minimum absolute atomic E-state index is 0.619. The van der Waals surface area contributed by atoms with Crippen molar-refractivity contribution in [1.29, 1.82) is 0 Å². The molecule has 2 aliphatic carbocycles. The van der Waals surface area contributed by atoms with Crippen LogP contribution in [0, 0.1) is 0 Å². The van der Waals surface area contributed by atoms with Crippen molar-refractivity contribution in [1.82, 2.24) is 29.5 Å². The van der Waals surface area contributed by atoms with Gasteiger partial charge in [0.1, 0.15) is 17.5 Å². The van der Waals surface area contributed by atoms with Crippen LogP contribution in [-0.2, 0) is 19.8 Å². The zero-order chi connectivity index (χ0) is 14.4. The summed E-state index contributed by atoms with van der Waals surface area (Å²) in [5, 5.41) is 18.3. The number of nitrogens with zero attached hydrogens (tertiary/aromatic N) is 6. The lowest BCUT2D eigenvalue weighted by atomic mass is 9.85. The fraction of sp³-hybridized carbons (Fsp3) is 0.714. The molecular weight excluding hydrogens is 284 g/mol. The predicted molar refractivity (Wildman–Crippen MR) is 80.1 cm³/mol. The van der Waals surface area contributed by atoms with Crippen LogP contribution < -0.4 is 0 Å². The molecule has 0 aromatic carbocycles. The van der Waals surface area contributed by atoms with Gasteiger partial charge in [-0.05, 0) is 25.7 Å². The van der Waals surface area contributed by atoms with Crippen LogP contribution in [-0.4, -0.2) is 29.5 Å². The molecule has 0 spiro atoms. The number of aromatic nitrogens is 6. The van der Waals surface area contributed by atoms with Gasteiger partial charge in [0.05, 0.1) is 5.75 Å². The Morgan fingerprint density at radius 2 is 1.57 bits per heavy atom. The molecule has 2 fully saturated rings.